The van der Waals surface area contributed by atoms with Crippen LogP contribution in [0.2, 0.25) is 0 Å². The molecule has 0 saturated heterocycles. The number of rotatable bonds is 3. The van der Waals surface area contributed by atoms with Crippen LogP contribution in [0.1, 0.15) is 0 Å². The fourth-order valence-corrected chi connectivity index (χ4v) is 11.0. The molecule has 0 unspecified atom stereocenters. The summed E-state index contributed by atoms with van der Waals surface area (Å²) in [5.74, 6) is 0. The summed E-state index contributed by atoms with van der Waals surface area (Å²) in [5, 5.41) is 8.57. The summed E-state index contributed by atoms with van der Waals surface area (Å²) < 4.78 is 9.83. The molecule has 0 fully saturated rings. The van der Waals surface area contributed by atoms with Crippen molar-refractivity contribution in [3.8, 4) is 17.1 Å². The molecular weight excluding hydrogens is 702 g/mol. The summed E-state index contributed by atoms with van der Waals surface area (Å²) in [6.45, 7) is 0. The Morgan fingerprint density at radius 2 is 0.750 bits per heavy atom. The fraction of sp³-hybridized carbons (Fsp3) is 0. The van der Waals surface area contributed by atoms with Crippen molar-refractivity contribution in [1.82, 2.24) is 23.7 Å². The van der Waals surface area contributed by atoms with E-state index in [2.05, 4.69) is 165 Å². The van der Waals surface area contributed by atoms with Crippen LogP contribution in [0, 0.1) is 0 Å². The molecule has 242 valence electrons. The van der Waals surface area contributed by atoms with Crippen molar-refractivity contribution >= 4 is 99.5 Å². The minimum atomic E-state index is -0.0897. The molecule has 5 heterocycles. The molecule has 0 spiro atoms. The van der Waals surface area contributed by atoms with Crippen molar-refractivity contribution in [2.45, 2.75) is 0 Å². The molecule has 7 aromatic carbocycles. The van der Waals surface area contributed by atoms with E-state index in [4.69, 9.17) is 9.97 Å². The molecule has 52 heavy (non-hydrogen) atoms. The Morgan fingerprint density at radius 3 is 1.19 bits per heavy atom. The first-order valence-electron chi connectivity index (χ1n) is 17.5. The number of benzene rings is 7. The third-order valence-electron chi connectivity index (χ3n) is 10.8. The Kier molecular flexibility index (Phi) is 5.72. The van der Waals surface area contributed by atoms with Crippen molar-refractivity contribution in [3.63, 3.8) is 0 Å². The number of nitrogens with zero attached hydrogens (tertiary/aromatic N) is 5. The molecule has 0 aliphatic carbocycles. The van der Waals surface area contributed by atoms with Crippen LogP contribution in [-0.2, 0) is 0 Å². The molecule has 0 N–H and O–H groups in total. The second kappa shape index (κ2) is 10.5. The summed E-state index contributed by atoms with van der Waals surface area (Å²) >= 11 is -0.0897. The van der Waals surface area contributed by atoms with Gasteiger partial charge in [0.25, 0.3) is 0 Å². The van der Waals surface area contributed by atoms with Gasteiger partial charge in [-0.3, -0.25) is 0 Å². The van der Waals surface area contributed by atoms with Crippen LogP contribution < -0.4 is 0 Å². The maximum absolute atomic E-state index is 5.15. The van der Waals surface area contributed by atoms with Gasteiger partial charge in [-0.2, -0.15) is 0 Å². The van der Waals surface area contributed by atoms with E-state index >= 15 is 0 Å². The summed E-state index contributed by atoms with van der Waals surface area (Å²) in [6.07, 6.45) is 3.70. The van der Waals surface area contributed by atoms with Gasteiger partial charge in [0.05, 0.1) is 0 Å². The van der Waals surface area contributed by atoms with Crippen LogP contribution in [0.5, 0.6) is 0 Å². The van der Waals surface area contributed by atoms with Crippen LogP contribution in [0.15, 0.2) is 164 Å². The topological polar surface area (TPSA) is 40.6 Å². The molecule has 6 heteroatoms. The quantitative estimate of drug-likeness (QED) is 0.170. The van der Waals surface area contributed by atoms with Gasteiger partial charge < -0.3 is 0 Å². The second-order valence-electron chi connectivity index (χ2n) is 13.4. The van der Waals surface area contributed by atoms with Gasteiger partial charge >= 0.3 is 304 Å². The number of hydrogen-bond donors (Lipinski definition) is 0. The predicted octanol–water partition coefficient (Wildman–Crippen LogP) is 11.1. The van der Waals surface area contributed by atoms with Gasteiger partial charge in [0.1, 0.15) is 0 Å². The van der Waals surface area contributed by atoms with Gasteiger partial charge in [0, 0.05) is 0 Å². The summed E-state index contributed by atoms with van der Waals surface area (Å²) in [4.78, 5) is 10.1. The van der Waals surface area contributed by atoms with Crippen LogP contribution in [0.4, 0.5) is 0 Å². The van der Waals surface area contributed by atoms with Gasteiger partial charge in [0.2, 0.25) is 0 Å². The Hall–Kier alpha value is -6.46. The normalized spacial score (nSPS) is 12.2. The fourth-order valence-electron chi connectivity index (χ4n) is 8.71. The van der Waals surface area contributed by atoms with Crippen molar-refractivity contribution in [2.24, 2.45) is 0 Å². The number of para-hydroxylation sites is 6. The van der Waals surface area contributed by atoms with Crippen molar-refractivity contribution in [2.75, 3.05) is 0 Å². The molecule has 12 rings (SSSR count). The zero-order valence-electron chi connectivity index (χ0n) is 27.7. The van der Waals surface area contributed by atoms with Gasteiger partial charge in [-0.05, 0) is 0 Å². The van der Waals surface area contributed by atoms with Crippen LogP contribution in [0.25, 0.3) is 102 Å². The molecule has 0 aliphatic heterocycles. The average Bonchev–Trinajstić information content (AvgIpc) is 3.95. The van der Waals surface area contributed by atoms with Gasteiger partial charge in [0.15, 0.2) is 0 Å². The van der Waals surface area contributed by atoms with Crippen molar-refractivity contribution in [3.05, 3.63) is 164 Å². The third-order valence-corrected chi connectivity index (χ3v) is 13.1. The predicted molar refractivity (Wildman–Crippen MR) is 217 cm³/mol. The molecule has 0 aliphatic rings. The zero-order valence-corrected chi connectivity index (χ0v) is 29.4. The summed E-state index contributed by atoms with van der Waals surface area (Å²) in [7, 11) is 0. The molecule has 0 atom stereocenters. The second-order valence-corrected chi connectivity index (χ2v) is 15.5. The molecule has 5 nitrogen and oxygen atoms in total. The standard InChI is InChI=1S/C46H27N5Se/c1-7-19-34-28(13-1)29-14-2-8-20-35(29)49(34)40-27-41(50-36-21-9-3-15-30(36)31-16-4-10-22-37(31)50)45-42(43-46(52-45)48-26-25-47-43)44(40)51-38-23-11-5-17-32(38)33-18-6-12-24-39(33)51/h1-27H. The monoisotopic (exact) mass is 729 g/mol. The van der Waals surface area contributed by atoms with E-state index in [1.165, 1.54) is 75.4 Å². The first-order valence-corrected chi connectivity index (χ1v) is 19.2. The Balaban J connectivity index is 1.39. The molecule has 0 radical (unpaired) electrons. The Morgan fingerprint density at radius 1 is 0.385 bits per heavy atom. The molecule has 0 saturated carbocycles. The van der Waals surface area contributed by atoms with E-state index in [9.17, 15) is 0 Å². The van der Waals surface area contributed by atoms with Gasteiger partial charge in [-0.1, -0.05) is 0 Å². The Labute approximate surface area is 303 Å². The van der Waals surface area contributed by atoms with Crippen LogP contribution >= 0.6 is 0 Å². The SMILES string of the molecule is c1ccc2c(c1)c1ccccc1n2-c1cc(-n2c3ccccc3c3ccccc32)c2[se]c3nccnc3c2c1-n1c2ccccc2c2ccccc21. The molecular formula is C46H27N5Se. The van der Waals surface area contributed by atoms with E-state index in [1.54, 1.807) is 0 Å². The Bertz CT molecular complexity index is 3270. The number of aromatic nitrogens is 5. The summed E-state index contributed by atoms with van der Waals surface area (Å²) in [5.41, 5.74) is 11.4. The molecule has 0 bridgehead atoms. The van der Waals surface area contributed by atoms with Crippen LogP contribution in [0.3, 0.4) is 0 Å². The van der Waals surface area contributed by atoms with Crippen LogP contribution in [-0.4, -0.2) is 38.2 Å². The summed E-state index contributed by atoms with van der Waals surface area (Å²) in [6, 6.07) is 55.3. The van der Waals surface area contributed by atoms with E-state index in [1.807, 2.05) is 12.4 Å². The molecule has 0 amide bonds. The third kappa shape index (κ3) is 3.67. The number of hydrogen-bond acceptors (Lipinski definition) is 2. The van der Waals surface area contributed by atoms with E-state index in [0.29, 0.717) is 0 Å². The first kappa shape index (κ1) is 28.3. The first-order chi connectivity index (χ1) is 25.8. The van der Waals surface area contributed by atoms with Crippen molar-refractivity contribution in [1.29, 1.82) is 0 Å². The minimum absolute atomic E-state index is 0.0897. The van der Waals surface area contributed by atoms with Crippen molar-refractivity contribution < 1.29 is 0 Å². The maximum atomic E-state index is 5.15. The molecule has 5 aromatic heterocycles. The average molecular weight is 729 g/mol. The van der Waals surface area contributed by atoms with Gasteiger partial charge in [-0.25, -0.2) is 0 Å². The number of fused-ring (bicyclic) bond motifs is 12. The van der Waals surface area contributed by atoms with E-state index in [-0.39, 0.29) is 14.5 Å². The van der Waals surface area contributed by atoms with E-state index < -0.39 is 0 Å². The zero-order chi connectivity index (χ0) is 33.9. The van der Waals surface area contributed by atoms with E-state index in [0.717, 1.165) is 26.7 Å². The van der Waals surface area contributed by atoms with Gasteiger partial charge in [-0.15, -0.1) is 0 Å². The molecule has 12 aromatic rings.